The van der Waals surface area contributed by atoms with Gasteiger partial charge in [-0.15, -0.1) is 0 Å². The van der Waals surface area contributed by atoms with Crippen LogP contribution in [0.1, 0.15) is 42.5 Å². The third-order valence-corrected chi connectivity index (χ3v) is 4.32. The average Bonchev–Trinajstić information content (AvgIpc) is 2.43. The van der Waals surface area contributed by atoms with Crippen LogP contribution in [0.3, 0.4) is 0 Å². The van der Waals surface area contributed by atoms with E-state index in [9.17, 15) is 0 Å². The normalized spacial score (nSPS) is 19.8. The minimum atomic E-state index is -0.151. The Morgan fingerprint density at radius 2 is 2.00 bits per heavy atom. The third-order valence-electron chi connectivity index (χ3n) is 4.32. The Balaban J connectivity index is 2.37. The summed E-state index contributed by atoms with van der Waals surface area (Å²) >= 11 is 0. The fraction of sp³-hybridized carbons (Fsp3) is 0.647. The molecule has 1 aromatic rings. The molecular formula is C17H27NO2. The van der Waals surface area contributed by atoms with E-state index in [1.807, 2.05) is 7.05 Å². The summed E-state index contributed by atoms with van der Waals surface area (Å²) < 4.78 is 11.8. The van der Waals surface area contributed by atoms with Gasteiger partial charge in [0, 0.05) is 32.7 Å². The van der Waals surface area contributed by atoms with Crippen LogP contribution in [0.5, 0.6) is 0 Å². The molecule has 0 aromatic heterocycles. The van der Waals surface area contributed by atoms with Crippen molar-refractivity contribution in [2.24, 2.45) is 0 Å². The van der Waals surface area contributed by atoms with Crippen molar-refractivity contribution in [1.29, 1.82) is 0 Å². The fourth-order valence-corrected chi connectivity index (χ4v) is 3.37. The van der Waals surface area contributed by atoms with E-state index < -0.39 is 0 Å². The molecule has 20 heavy (non-hydrogen) atoms. The molecular weight excluding hydrogens is 250 g/mol. The van der Waals surface area contributed by atoms with Crippen LogP contribution < -0.4 is 5.32 Å². The largest absolute Gasteiger partial charge is 0.381 e. The van der Waals surface area contributed by atoms with Gasteiger partial charge in [-0.25, -0.2) is 0 Å². The van der Waals surface area contributed by atoms with Gasteiger partial charge in [0.15, 0.2) is 0 Å². The molecule has 1 atom stereocenters. The van der Waals surface area contributed by atoms with Gasteiger partial charge < -0.3 is 14.8 Å². The number of aryl methyl sites for hydroxylation is 2. The summed E-state index contributed by atoms with van der Waals surface area (Å²) in [6.45, 7) is 8.70. The first-order chi connectivity index (χ1) is 9.63. The van der Waals surface area contributed by atoms with Crippen molar-refractivity contribution >= 4 is 0 Å². The van der Waals surface area contributed by atoms with Gasteiger partial charge >= 0.3 is 0 Å². The van der Waals surface area contributed by atoms with E-state index in [0.29, 0.717) is 0 Å². The maximum atomic E-state index is 6.22. The van der Waals surface area contributed by atoms with Gasteiger partial charge in [-0.3, -0.25) is 0 Å². The number of nitrogens with one attached hydrogen (secondary N) is 1. The van der Waals surface area contributed by atoms with Crippen molar-refractivity contribution in [3.05, 3.63) is 34.9 Å². The number of hydrogen-bond donors (Lipinski definition) is 1. The van der Waals surface area contributed by atoms with Crippen LogP contribution in [0, 0.1) is 13.8 Å². The molecule has 1 aliphatic rings. The fourth-order valence-electron chi connectivity index (χ4n) is 3.37. The molecule has 0 aliphatic carbocycles. The van der Waals surface area contributed by atoms with Gasteiger partial charge in [0.25, 0.3) is 0 Å². The Labute approximate surface area is 122 Å². The van der Waals surface area contributed by atoms with Crippen molar-refractivity contribution in [3.63, 3.8) is 0 Å². The number of likely N-dealkylation sites (N-methyl/N-ethyl adjacent to an activating group) is 1. The predicted octanol–water partition coefficient (Wildman–Crippen LogP) is 3.15. The van der Waals surface area contributed by atoms with Crippen LogP contribution >= 0.6 is 0 Å². The van der Waals surface area contributed by atoms with Crippen LogP contribution in [-0.2, 0) is 9.47 Å². The standard InChI is InChI=1S/C17H27NO2/c1-5-20-17(8-10-19-11-9-17)16(18-4)15-7-6-13(2)12-14(15)3/h6-7,12,16,18H,5,8-11H2,1-4H3. The summed E-state index contributed by atoms with van der Waals surface area (Å²) in [7, 11) is 2.03. The molecule has 0 spiro atoms. The van der Waals surface area contributed by atoms with Crippen molar-refractivity contribution < 1.29 is 9.47 Å². The molecule has 1 aromatic carbocycles. The Hall–Kier alpha value is -0.900. The molecule has 0 amide bonds. The van der Waals surface area contributed by atoms with Crippen molar-refractivity contribution in [2.75, 3.05) is 26.9 Å². The van der Waals surface area contributed by atoms with E-state index in [4.69, 9.17) is 9.47 Å². The second kappa shape index (κ2) is 6.70. The van der Waals surface area contributed by atoms with Gasteiger partial charge in [-0.05, 0) is 38.9 Å². The Morgan fingerprint density at radius 3 is 2.55 bits per heavy atom. The SMILES string of the molecule is CCOC1(C(NC)c2ccc(C)cc2C)CCOCC1. The maximum absolute atomic E-state index is 6.22. The molecule has 0 radical (unpaired) electrons. The van der Waals surface area contributed by atoms with Gasteiger partial charge in [-0.1, -0.05) is 23.8 Å². The van der Waals surface area contributed by atoms with Gasteiger partial charge in [0.1, 0.15) is 0 Å². The minimum Gasteiger partial charge on any atom is -0.381 e. The molecule has 0 saturated carbocycles. The first-order valence-corrected chi connectivity index (χ1v) is 7.59. The lowest BCUT2D eigenvalue weighted by molar-refractivity contribution is -0.127. The van der Waals surface area contributed by atoms with Gasteiger partial charge in [0.2, 0.25) is 0 Å². The van der Waals surface area contributed by atoms with E-state index in [2.05, 4.69) is 44.3 Å². The molecule has 1 unspecified atom stereocenters. The van der Waals surface area contributed by atoms with E-state index >= 15 is 0 Å². The van der Waals surface area contributed by atoms with Crippen LogP contribution in [0.25, 0.3) is 0 Å². The molecule has 112 valence electrons. The van der Waals surface area contributed by atoms with Crippen LogP contribution in [-0.4, -0.2) is 32.5 Å². The summed E-state index contributed by atoms with van der Waals surface area (Å²) in [6, 6.07) is 6.89. The zero-order chi connectivity index (χ0) is 14.6. The van der Waals surface area contributed by atoms with Gasteiger partial charge in [0.05, 0.1) is 11.6 Å². The summed E-state index contributed by atoms with van der Waals surface area (Å²) in [5.41, 5.74) is 3.82. The van der Waals surface area contributed by atoms with Gasteiger partial charge in [-0.2, -0.15) is 0 Å². The van der Waals surface area contributed by atoms with Crippen LogP contribution in [0.15, 0.2) is 18.2 Å². The number of benzene rings is 1. The maximum Gasteiger partial charge on any atom is 0.0919 e. The number of rotatable bonds is 5. The molecule has 3 nitrogen and oxygen atoms in total. The Kier molecular flexibility index (Phi) is 5.19. The zero-order valence-electron chi connectivity index (χ0n) is 13.2. The van der Waals surface area contributed by atoms with Crippen LogP contribution in [0.4, 0.5) is 0 Å². The first-order valence-electron chi connectivity index (χ1n) is 7.59. The van der Waals surface area contributed by atoms with E-state index in [0.717, 1.165) is 32.7 Å². The quantitative estimate of drug-likeness (QED) is 0.897. The van der Waals surface area contributed by atoms with Crippen molar-refractivity contribution in [3.8, 4) is 0 Å². The smallest absolute Gasteiger partial charge is 0.0919 e. The van der Waals surface area contributed by atoms with E-state index in [-0.39, 0.29) is 11.6 Å². The van der Waals surface area contributed by atoms with E-state index in [1.54, 1.807) is 0 Å². The van der Waals surface area contributed by atoms with E-state index in [1.165, 1.54) is 16.7 Å². The van der Waals surface area contributed by atoms with Crippen LogP contribution in [0.2, 0.25) is 0 Å². The monoisotopic (exact) mass is 277 g/mol. The average molecular weight is 277 g/mol. The second-order valence-corrected chi connectivity index (χ2v) is 5.69. The highest BCUT2D eigenvalue weighted by Gasteiger charge is 2.41. The third kappa shape index (κ3) is 3.05. The molecule has 0 bridgehead atoms. The summed E-state index contributed by atoms with van der Waals surface area (Å²) in [4.78, 5) is 0. The van der Waals surface area contributed by atoms with Crippen molar-refractivity contribution in [2.45, 2.75) is 45.3 Å². The number of ether oxygens (including phenoxy) is 2. The topological polar surface area (TPSA) is 30.5 Å². The Morgan fingerprint density at radius 1 is 1.30 bits per heavy atom. The minimum absolute atomic E-state index is 0.151. The lowest BCUT2D eigenvalue weighted by Gasteiger charge is -2.43. The lowest BCUT2D eigenvalue weighted by atomic mass is 9.80. The molecule has 1 N–H and O–H groups in total. The highest BCUT2D eigenvalue weighted by molar-refractivity contribution is 5.34. The zero-order valence-corrected chi connectivity index (χ0v) is 13.2. The highest BCUT2D eigenvalue weighted by Crippen LogP contribution is 2.38. The predicted molar refractivity (Wildman–Crippen MR) is 82.1 cm³/mol. The Bertz CT molecular complexity index is 433. The summed E-state index contributed by atoms with van der Waals surface area (Å²) in [5.74, 6) is 0. The first kappa shape index (κ1) is 15.5. The second-order valence-electron chi connectivity index (χ2n) is 5.69. The summed E-state index contributed by atoms with van der Waals surface area (Å²) in [5, 5.41) is 3.49. The molecule has 2 rings (SSSR count). The number of hydrogen-bond acceptors (Lipinski definition) is 3. The van der Waals surface area contributed by atoms with Crippen molar-refractivity contribution in [1.82, 2.24) is 5.32 Å². The molecule has 1 aliphatic heterocycles. The molecule has 1 heterocycles. The highest BCUT2D eigenvalue weighted by atomic mass is 16.5. The molecule has 1 fully saturated rings. The molecule has 3 heteroatoms. The molecule has 1 saturated heterocycles. The summed E-state index contributed by atoms with van der Waals surface area (Å²) in [6.07, 6.45) is 1.89. The lowest BCUT2D eigenvalue weighted by Crippen LogP contribution is -2.49.